The maximum absolute atomic E-state index is 12.1. The van der Waals surface area contributed by atoms with Gasteiger partial charge in [-0.2, -0.15) is 0 Å². The number of fused-ring (bicyclic) bond motifs is 2. The van der Waals surface area contributed by atoms with Crippen molar-refractivity contribution in [2.24, 2.45) is 17.3 Å². The first-order valence-electron chi connectivity index (χ1n) is 9.73. The number of hydrogen-bond acceptors (Lipinski definition) is 1. The highest BCUT2D eigenvalue weighted by atomic mass is 16.3. The summed E-state index contributed by atoms with van der Waals surface area (Å²) in [6.07, 6.45) is 5.27. The van der Waals surface area contributed by atoms with E-state index in [1.165, 1.54) is 27.8 Å². The van der Waals surface area contributed by atoms with E-state index < -0.39 is 5.60 Å². The second-order valence-corrected chi connectivity index (χ2v) is 9.11. The number of aliphatic hydroxyl groups is 1. The van der Waals surface area contributed by atoms with Gasteiger partial charge >= 0.3 is 0 Å². The summed E-state index contributed by atoms with van der Waals surface area (Å²) in [6, 6.07) is 4.64. The van der Waals surface area contributed by atoms with E-state index in [4.69, 9.17) is 0 Å². The van der Waals surface area contributed by atoms with Crippen molar-refractivity contribution < 1.29 is 5.11 Å². The third kappa shape index (κ3) is 1.56. The quantitative estimate of drug-likeness (QED) is 0.699. The van der Waals surface area contributed by atoms with E-state index in [1.807, 2.05) is 0 Å². The number of benzene rings is 1. The van der Waals surface area contributed by atoms with Crippen LogP contribution in [0.3, 0.4) is 0 Å². The molecule has 24 heavy (non-hydrogen) atoms. The van der Waals surface area contributed by atoms with E-state index in [-0.39, 0.29) is 10.8 Å². The molecule has 130 valence electrons. The first-order valence-corrected chi connectivity index (χ1v) is 9.73. The summed E-state index contributed by atoms with van der Waals surface area (Å²) < 4.78 is 0. The van der Waals surface area contributed by atoms with E-state index in [1.54, 1.807) is 0 Å². The van der Waals surface area contributed by atoms with Crippen LogP contribution in [-0.4, -0.2) is 10.7 Å². The molecule has 2 bridgehead atoms. The van der Waals surface area contributed by atoms with Crippen LogP contribution < -0.4 is 0 Å². The normalized spacial score (nSPS) is 43.5. The van der Waals surface area contributed by atoms with Crippen molar-refractivity contribution in [3.63, 3.8) is 0 Å². The highest BCUT2D eigenvalue weighted by molar-refractivity contribution is 5.54. The fourth-order valence-corrected chi connectivity index (χ4v) is 6.95. The molecule has 1 aromatic carbocycles. The van der Waals surface area contributed by atoms with Gasteiger partial charge in [0, 0.05) is 5.41 Å². The van der Waals surface area contributed by atoms with E-state index >= 15 is 0 Å². The predicted molar refractivity (Wildman–Crippen MR) is 100 cm³/mol. The molecule has 1 N–H and O–H groups in total. The topological polar surface area (TPSA) is 20.2 Å². The van der Waals surface area contributed by atoms with Crippen LogP contribution in [-0.2, 0) is 11.8 Å². The van der Waals surface area contributed by atoms with Gasteiger partial charge < -0.3 is 5.11 Å². The molecule has 1 heteroatoms. The summed E-state index contributed by atoms with van der Waals surface area (Å²) in [6.45, 7) is 15.9. The SMILES string of the molecule is C=C1CC[C@@]2(O)[C@H](C)C3(CC)Cc4ccc(C)c(C)c4C2(C3)[C@H]1C. The van der Waals surface area contributed by atoms with Crippen LogP contribution >= 0.6 is 0 Å². The molecule has 0 amide bonds. The molecule has 1 spiro atoms. The second-order valence-electron chi connectivity index (χ2n) is 9.11. The van der Waals surface area contributed by atoms with Gasteiger partial charge in [0.15, 0.2) is 0 Å². The zero-order valence-corrected chi connectivity index (χ0v) is 16.0. The van der Waals surface area contributed by atoms with Crippen LogP contribution in [0.5, 0.6) is 0 Å². The maximum Gasteiger partial charge on any atom is 0.0783 e. The molecule has 3 aliphatic rings. The first-order chi connectivity index (χ1) is 11.2. The van der Waals surface area contributed by atoms with E-state index in [9.17, 15) is 5.11 Å². The minimum absolute atomic E-state index is 0.137. The number of hydrogen-bond donors (Lipinski definition) is 1. The lowest BCUT2D eigenvalue weighted by molar-refractivity contribution is -0.0892. The van der Waals surface area contributed by atoms with Crippen LogP contribution in [0.2, 0.25) is 0 Å². The molecule has 0 aliphatic heterocycles. The molecule has 0 aromatic heterocycles. The summed E-state index contributed by atoms with van der Waals surface area (Å²) in [5.74, 6) is 0.698. The van der Waals surface area contributed by atoms with Crippen molar-refractivity contribution in [1.82, 2.24) is 0 Å². The standard InChI is InChI=1S/C23H32O/c1-7-21-12-19-9-8-14(2)16(4)20(19)22(13-21)17(5)15(3)10-11-23(22,24)18(21)6/h8-9,17-18,24H,3,7,10-13H2,1-2,4-6H3/t17-,18+,21?,22?,23+/m0/s1. The fourth-order valence-electron chi connectivity index (χ4n) is 6.95. The fraction of sp³-hybridized carbons (Fsp3) is 0.652. The Morgan fingerprint density at radius 3 is 2.62 bits per heavy atom. The third-order valence-corrected chi connectivity index (χ3v) is 8.73. The summed E-state index contributed by atoms with van der Waals surface area (Å²) in [7, 11) is 0. The van der Waals surface area contributed by atoms with E-state index in [0.717, 1.165) is 32.1 Å². The largest absolute Gasteiger partial charge is 0.389 e. The Morgan fingerprint density at radius 2 is 1.96 bits per heavy atom. The van der Waals surface area contributed by atoms with Gasteiger partial charge in [-0.05, 0) is 85.5 Å². The monoisotopic (exact) mass is 324 g/mol. The first kappa shape index (κ1) is 16.4. The zero-order chi connectivity index (χ0) is 17.5. The molecule has 2 fully saturated rings. The van der Waals surface area contributed by atoms with Crippen molar-refractivity contribution in [3.05, 3.63) is 46.5 Å². The van der Waals surface area contributed by atoms with Crippen molar-refractivity contribution in [3.8, 4) is 0 Å². The van der Waals surface area contributed by atoms with Crippen LogP contribution in [0.1, 0.15) is 68.7 Å². The average molecular weight is 325 g/mol. The molecular formula is C23H32O. The molecule has 3 aliphatic carbocycles. The van der Waals surface area contributed by atoms with Crippen molar-refractivity contribution in [1.29, 1.82) is 0 Å². The molecule has 2 saturated carbocycles. The highest BCUT2D eigenvalue weighted by Crippen LogP contribution is 2.72. The van der Waals surface area contributed by atoms with Crippen molar-refractivity contribution in [2.75, 3.05) is 0 Å². The van der Waals surface area contributed by atoms with Gasteiger partial charge in [0.1, 0.15) is 0 Å². The Balaban J connectivity index is 2.10. The molecule has 1 aromatic rings. The number of aryl methyl sites for hydroxylation is 1. The van der Waals surface area contributed by atoms with Gasteiger partial charge in [-0.1, -0.05) is 45.1 Å². The Hall–Kier alpha value is -1.08. The second kappa shape index (κ2) is 4.75. The van der Waals surface area contributed by atoms with Gasteiger partial charge in [0.2, 0.25) is 0 Å². The number of allylic oxidation sites excluding steroid dienone is 1. The Labute approximate surface area is 147 Å². The van der Waals surface area contributed by atoms with Crippen LogP contribution in [0.15, 0.2) is 24.3 Å². The van der Waals surface area contributed by atoms with Crippen LogP contribution in [0, 0.1) is 31.1 Å². The molecule has 5 atom stereocenters. The van der Waals surface area contributed by atoms with Gasteiger partial charge in [0.05, 0.1) is 5.60 Å². The van der Waals surface area contributed by atoms with Gasteiger partial charge in [0.25, 0.3) is 0 Å². The summed E-state index contributed by atoms with van der Waals surface area (Å²) >= 11 is 0. The van der Waals surface area contributed by atoms with Crippen molar-refractivity contribution >= 4 is 0 Å². The van der Waals surface area contributed by atoms with Crippen LogP contribution in [0.25, 0.3) is 0 Å². The third-order valence-electron chi connectivity index (χ3n) is 8.73. The molecule has 4 rings (SSSR count). The van der Waals surface area contributed by atoms with Gasteiger partial charge in [-0.25, -0.2) is 0 Å². The zero-order valence-electron chi connectivity index (χ0n) is 16.0. The van der Waals surface area contributed by atoms with Gasteiger partial charge in [-0.3, -0.25) is 0 Å². The van der Waals surface area contributed by atoms with Gasteiger partial charge in [-0.15, -0.1) is 0 Å². The highest BCUT2D eigenvalue weighted by Gasteiger charge is 2.72. The number of rotatable bonds is 1. The molecule has 0 radical (unpaired) electrons. The van der Waals surface area contributed by atoms with E-state index in [2.05, 4.69) is 53.3 Å². The van der Waals surface area contributed by atoms with Crippen molar-refractivity contribution in [2.45, 2.75) is 77.7 Å². The lowest BCUT2D eigenvalue weighted by Gasteiger charge is -2.54. The smallest absolute Gasteiger partial charge is 0.0783 e. The Bertz CT molecular complexity index is 732. The summed E-state index contributed by atoms with van der Waals surface area (Å²) in [5, 5.41) is 12.1. The molecule has 2 unspecified atom stereocenters. The maximum atomic E-state index is 12.1. The Kier molecular flexibility index (Phi) is 3.25. The lowest BCUT2D eigenvalue weighted by atomic mass is 9.51. The summed E-state index contributed by atoms with van der Waals surface area (Å²) in [5.41, 5.74) is 6.59. The minimum Gasteiger partial charge on any atom is -0.389 e. The van der Waals surface area contributed by atoms with E-state index in [0.29, 0.717) is 11.8 Å². The molecular weight excluding hydrogens is 292 g/mol. The Morgan fingerprint density at radius 1 is 1.25 bits per heavy atom. The molecule has 1 nitrogen and oxygen atoms in total. The predicted octanol–water partition coefficient (Wildman–Crippen LogP) is 5.25. The van der Waals surface area contributed by atoms with Crippen LogP contribution in [0.4, 0.5) is 0 Å². The molecule has 0 saturated heterocycles. The average Bonchev–Trinajstić information content (AvgIpc) is 2.73. The minimum atomic E-state index is -0.590. The molecule has 0 heterocycles. The lowest BCUT2D eigenvalue weighted by Crippen LogP contribution is -2.57. The summed E-state index contributed by atoms with van der Waals surface area (Å²) in [4.78, 5) is 0.